The van der Waals surface area contributed by atoms with E-state index in [1.54, 1.807) is 44.4 Å². The smallest absolute Gasteiger partial charge is 0.266 e. The number of hydrogen-bond donors (Lipinski definition) is 1. The molecular weight excluding hydrogens is 326 g/mol. The first-order valence-electron chi connectivity index (χ1n) is 8.14. The summed E-state index contributed by atoms with van der Waals surface area (Å²) in [6.45, 7) is 3.93. The van der Waals surface area contributed by atoms with Gasteiger partial charge in [0.2, 0.25) is 0 Å². The molecule has 0 fully saturated rings. The molecule has 0 saturated carbocycles. The minimum atomic E-state index is -0.487. The maximum atomic E-state index is 12.4. The molecule has 2 aromatic rings. The summed E-state index contributed by atoms with van der Waals surface area (Å²) >= 11 is 0. The molecule has 0 bridgehead atoms. The van der Waals surface area contributed by atoms with Gasteiger partial charge in [-0.15, -0.1) is 0 Å². The van der Waals surface area contributed by atoms with E-state index >= 15 is 0 Å². The molecule has 0 aliphatic heterocycles. The normalized spacial score (nSPS) is 10.8. The molecule has 5 nitrogen and oxygen atoms in total. The van der Waals surface area contributed by atoms with Gasteiger partial charge in [0.25, 0.3) is 11.8 Å². The van der Waals surface area contributed by atoms with Crippen molar-refractivity contribution < 1.29 is 9.59 Å². The van der Waals surface area contributed by atoms with E-state index in [2.05, 4.69) is 5.32 Å². The van der Waals surface area contributed by atoms with Crippen LogP contribution >= 0.6 is 0 Å². The molecule has 26 heavy (non-hydrogen) atoms. The van der Waals surface area contributed by atoms with Gasteiger partial charge in [0, 0.05) is 25.3 Å². The number of benzene rings is 2. The van der Waals surface area contributed by atoms with Gasteiger partial charge in [0.1, 0.15) is 11.6 Å². The summed E-state index contributed by atoms with van der Waals surface area (Å²) in [4.78, 5) is 25.7. The summed E-state index contributed by atoms with van der Waals surface area (Å²) in [7, 11) is 3.35. The minimum absolute atomic E-state index is 0.0189. The second kappa shape index (κ2) is 8.13. The Morgan fingerprint density at radius 2 is 1.73 bits per heavy atom. The summed E-state index contributed by atoms with van der Waals surface area (Å²) < 4.78 is 0. The second-order valence-corrected chi connectivity index (χ2v) is 6.26. The van der Waals surface area contributed by atoms with E-state index < -0.39 is 5.91 Å². The molecule has 0 aliphatic carbocycles. The number of carbonyl (C=O) groups excluding carboxylic acids is 2. The van der Waals surface area contributed by atoms with E-state index in [9.17, 15) is 14.9 Å². The number of amides is 2. The molecule has 0 aromatic heterocycles. The predicted octanol–water partition coefficient (Wildman–Crippen LogP) is 3.55. The van der Waals surface area contributed by atoms with Gasteiger partial charge in [-0.25, -0.2) is 0 Å². The van der Waals surface area contributed by atoms with Crippen LogP contribution in [0.4, 0.5) is 5.69 Å². The number of nitrogens with one attached hydrogen (secondary N) is 1. The molecule has 0 spiro atoms. The third kappa shape index (κ3) is 4.58. The fraction of sp³-hybridized carbons (Fsp3) is 0.190. The van der Waals surface area contributed by atoms with Crippen LogP contribution in [0, 0.1) is 25.2 Å². The lowest BCUT2D eigenvalue weighted by Crippen LogP contribution is -2.21. The summed E-state index contributed by atoms with van der Waals surface area (Å²) in [5.74, 6) is -0.602. The molecule has 0 unspecified atom stereocenters. The van der Waals surface area contributed by atoms with Crippen molar-refractivity contribution >= 4 is 23.6 Å². The monoisotopic (exact) mass is 347 g/mol. The van der Waals surface area contributed by atoms with E-state index in [1.807, 2.05) is 38.1 Å². The topological polar surface area (TPSA) is 73.2 Å². The molecular formula is C21H21N3O2. The highest BCUT2D eigenvalue weighted by molar-refractivity contribution is 6.09. The first-order chi connectivity index (χ1) is 12.3. The van der Waals surface area contributed by atoms with Crippen molar-refractivity contribution in [3.8, 4) is 6.07 Å². The van der Waals surface area contributed by atoms with Crippen LogP contribution in [0.15, 0.2) is 48.0 Å². The highest BCUT2D eigenvalue weighted by atomic mass is 16.2. The quantitative estimate of drug-likeness (QED) is 0.679. The minimum Gasteiger partial charge on any atom is -0.345 e. The molecule has 0 aliphatic rings. The van der Waals surface area contributed by atoms with Crippen molar-refractivity contribution in [3.63, 3.8) is 0 Å². The molecule has 0 heterocycles. The van der Waals surface area contributed by atoms with E-state index in [1.165, 1.54) is 4.90 Å². The van der Waals surface area contributed by atoms with E-state index in [-0.39, 0.29) is 11.5 Å². The van der Waals surface area contributed by atoms with Crippen molar-refractivity contribution in [2.75, 3.05) is 19.4 Å². The molecule has 0 atom stereocenters. The van der Waals surface area contributed by atoms with Crippen LogP contribution in [0.1, 0.15) is 27.0 Å². The van der Waals surface area contributed by atoms with Crippen LogP contribution in [-0.4, -0.2) is 30.8 Å². The lowest BCUT2D eigenvalue weighted by molar-refractivity contribution is -0.112. The fourth-order valence-corrected chi connectivity index (χ4v) is 2.44. The molecule has 2 amide bonds. The second-order valence-electron chi connectivity index (χ2n) is 6.26. The lowest BCUT2D eigenvalue weighted by Gasteiger charge is -2.11. The Balaban J connectivity index is 2.18. The van der Waals surface area contributed by atoms with Gasteiger partial charge in [-0.2, -0.15) is 5.26 Å². The van der Waals surface area contributed by atoms with Gasteiger partial charge in [-0.1, -0.05) is 23.8 Å². The van der Waals surface area contributed by atoms with Crippen molar-refractivity contribution in [2.24, 2.45) is 0 Å². The Morgan fingerprint density at radius 1 is 1.08 bits per heavy atom. The number of carbonyl (C=O) groups is 2. The van der Waals surface area contributed by atoms with Crippen molar-refractivity contribution in [3.05, 3.63) is 70.3 Å². The van der Waals surface area contributed by atoms with Crippen LogP contribution in [0.3, 0.4) is 0 Å². The maximum absolute atomic E-state index is 12.4. The lowest BCUT2D eigenvalue weighted by atomic mass is 10.0. The number of anilines is 1. The van der Waals surface area contributed by atoms with Crippen molar-refractivity contribution in [2.45, 2.75) is 13.8 Å². The molecule has 2 aromatic carbocycles. The Bertz CT molecular complexity index is 904. The van der Waals surface area contributed by atoms with E-state index in [0.29, 0.717) is 11.3 Å². The number of rotatable bonds is 4. The third-order valence-electron chi connectivity index (χ3n) is 3.89. The Kier molecular flexibility index (Phi) is 5.92. The molecule has 0 radical (unpaired) electrons. The molecule has 0 saturated heterocycles. The molecule has 1 N–H and O–H groups in total. The highest BCUT2D eigenvalue weighted by Crippen LogP contribution is 2.16. The van der Waals surface area contributed by atoms with Crippen molar-refractivity contribution in [1.29, 1.82) is 5.26 Å². The summed E-state index contributed by atoms with van der Waals surface area (Å²) in [5, 5.41) is 12.0. The molecule has 132 valence electrons. The summed E-state index contributed by atoms with van der Waals surface area (Å²) in [5.41, 5.74) is 4.01. The average Bonchev–Trinajstić information content (AvgIpc) is 2.61. The molecule has 5 heteroatoms. The average molecular weight is 347 g/mol. The SMILES string of the molecule is Cc1ccc(/C=C(\C#N)C(=O)Nc2ccc(C(=O)N(C)C)cc2)c(C)c1. The van der Waals surface area contributed by atoms with Gasteiger partial charge in [-0.05, 0) is 55.3 Å². The van der Waals surface area contributed by atoms with Gasteiger partial charge in [0.15, 0.2) is 0 Å². The molecule has 2 rings (SSSR count). The van der Waals surface area contributed by atoms with Crippen LogP contribution in [0.25, 0.3) is 6.08 Å². The standard InChI is InChI=1S/C21H21N3O2/c1-14-5-6-17(15(2)11-14)12-18(13-22)20(25)23-19-9-7-16(8-10-19)21(26)24(3)4/h5-12H,1-4H3,(H,23,25)/b18-12+. The van der Waals surface area contributed by atoms with Crippen LogP contribution in [0.5, 0.6) is 0 Å². The largest absolute Gasteiger partial charge is 0.345 e. The van der Waals surface area contributed by atoms with E-state index in [4.69, 9.17) is 0 Å². The van der Waals surface area contributed by atoms with Gasteiger partial charge < -0.3 is 10.2 Å². The summed E-state index contributed by atoms with van der Waals surface area (Å²) in [6.07, 6.45) is 1.58. The Morgan fingerprint density at radius 3 is 2.27 bits per heavy atom. The number of nitriles is 1. The van der Waals surface area contributed by atoms with Gasteiger partial charge in [-0.3, -0.25) is 9.59 Å². The van der Waals surface area contributed by atoms with Crippen LogP contribution < -0.4 is 5.32 Å². The maximum Gasteiger partial charge on any atom is 0.266 e. The van der Waals surface area contributed by atoms with Gasteiger partial charge >= 0.3 is 0 Å². The number of hydrogen-bond acceptors (Lipinski definition) is 3. The summed E-state index contributed by atoms with van der Waals surface area (Å²) in [6, 6.07) is 14.3. The van der Waals surface area contributed by atoms with Crippen LogP contribution in [0.2, 0.25) is 0 Å². The van der Waals surface area contributed by atoms with Crippen LogP contribution in [-0.2, 0) is 4.79 Å². The first-order valence-corrected chi connectivity index (χ1v) is 8.14. The first kappa shape index (κ1) is 18.9. The number of aryl methyl sites for hydroxylation is 2. The predicted molar refractivity (Wildman–Crippen MR) is 103 cm³/mol. The van der Waals surface area contributed by atoms with Gasteiger partial charge in [0.05, 0.1) is 0 Å². The Hall–Kier alpha value is -3.39. The fourth-order valence-electron chi connectivity index (χ4n) is 2.44. The highest BCUT2D eigenvalue weighted by Gasteiger charge is 2.12. The zero-order valence-corrected chi connectivity index (χ0v) is 15.3. The third-order valence-corrected chi connectivity index (χ3v) is 3.89. The Labute approximate surface area is 153 Å². The van der Waals surface area contributed by atoms with Crippen molar-refractivity contribution in [1.82, 2.24) is 4.90 Å². The number of nitrogens with zero attached hydrogens (tertiary/aromatic N) is 2. The van der Waals surface area contributed by atoms with E-state index in [0.717, 1.165) is 16.7 Å². The zero-order chi connectivity index (χ0) is 19.3. The zero-order valence-electron chi connectivity index (χ0n) is 15.3.